The minimum Gasteiger partial charge on any atom is -0.394 e. The molecule has 106 valence electrons. The molecule has 19 heavy (non-hydrogen) atoms. The summed E-state index contributed by atoms with van der Waals surface area (Å²) in [4.78, 5) is 0. The van der Waals surface area contributed by atoms with Gasteiger partial charge in [0.15, 0.2) is 6.29 Å². The summed E-state index contributed by atoms with van der Waals surface area (Å²) in [6.07, 6.45) is -6.07. The van der Waals surface area contributed by atoms with E-state index in [9.17, 15) is 15.3 Å². The van der Waals surface area contributed by atoms with Crippen LogP contribution in [0.3, 0.4) is 0 Å². The Morgan fingerprint density at radius 2 is 1.74 bits per heavy atom. The average molecular weight is 270 g/mol. The highest BCUT2D eigenvalue weighted by atomic mass is 16.7. The number of aliphatic hydroxyl groups is 4. The van der Waals surface area contributed by atoms with E-state index in [2.05, 4.69) is 0 Å². The van der Waals surface area contributed by atoms with Crippen molar-refractivity contribution in [2.24, 2.45) is 0 Å². The van der Waals surface area contributed by atoms with Crippen LogP contribution in [0.15, 0.2) is 30.3 Å². The van der Waals surface area contributed by atoms with Gasteiger partial charge in [-0.1, -0.05) is 30.3 Å². The third-order valence-corrected chi connectivity index (χ3v) is 3.13. The van der Waals surface area contributed by atoms with E-state index in [-0.39, 0.29) is 6.61 Å². The molecule has 1 saturated heterocycles. The van der Waals surface area contributed by atoms with Crippen LogP contribution in [0.5, 0.6) is 0 Å². The van der Waals surface area contributed by atoms with Gasteiger partial charge in [-0.2, -0.15) is 0 Å². The van der Waals surface area contributed by atoms with Gasteiger partial charge in [-0.25, -0.2) is 0 Å². The van der Waals surface area contributed by atoms with Crippen LogP contribution in [-0.4, -0.2) is 57.7 Å². The van der Waals surface area contributed by atoms with Crippen LogP contribution in [0, 0.1) is 0 Å². The fourth-order valence-electron chi connectivity index (χ4n) is 2.02. The molecule has 0 saturated carbocycles. The molecule has 0 amide bonds. The van der Waals surface area contributed by atoms with Crippen LogP contribution in [0.1, 0.15) is 5.56 Å². The van der Waals surface area contributed by atoms with Crippen molar-refractivity contribution >= 4 is 0 Å². The van der Waals surface area contributed by atoms with Crippen molar-refractivity contribution in [2.45, 2.75) is 37.3 Å². The summed E-state index contributed by atoms with van der Waals surface area (Å²) in [5.74, 6) is 0. The lowest BCUT2D eigenvalue weighted by atomic mass is 9.99. The molecule has 0 unspecified atom stereocenters. The van der Waals surface area contributed by atoms with Crippen LogP contribution < -0.4 is 0 Å². The maximum absolute atomic E-state index is 9.86. The topological polar surface area (TPSA) is 99.4 Å². The van der Waals surface area contributed by atoms with Crippen LogP contribution >= 0.6 is 0 Å². The predicted octanol–water partition coefficient (Wildman–Crippen LogP) is -0.997. The number of ether oxygens (including phenoxy) is 2. The zero-order chi connectivity index (χ0) is 13.8. The van der Waals surface area contributed by atoms with Gasteiger partial charge in [0.05, 0.1) is 13.2 Å². The molecule has 0 spiro atoms. The highest BCUT2D eigenvalue weighted by Gasteiger charge is 2.44. The molecule has 1 aromatic rings. The Hall–Kier alpha value is -1.02. The second-order valence-corrected chi connectivity index (χ2v) is 4.49. The first-order valence-corrected chi connectivity index (χ1v) is 6.09. The van der Waals surface area contributed by atoms with E-state index in [1.807, 2.05) is 30.3 Å². The summed E-state index contributed by atoms with van der Waals surface area (Å²) in [7, 11) is 0. The van der Waals surface area contributed by atoms with Gasteiger partial charge in [0.1, 0.15) is 24.4 Å². The van der Waals surface area contributed by atoms with E-state index in [0.717, 1.165) is 5.56 Å². The molecule has 0 bridgehead atoms. The van der Waals surface area contributed by atoms with Crippen molar-refractivity contribution < 1.29 is 29.9 Å². The Morgan fingerprint density at radius 3 is 2.37 bits per heavy atom. The van der Waals surface area contributed by atoms with Gasteiger partial charge in [-0.3, -0.25) is 0 Å². The molecule has 0 radical (unpaired) electrons. The van der Waals surface area contributed by atoms with Gasteiger partial charge in [0.2, 0.25) is 0 Å². The third-order valence-electron chi connectivity index (χ3n) is 3.13. The van der Waals surface area contributed by atoms with Gasteiger partial charge in [-0.05, 0) is 5.56 Å². The quantitative estimate of drug-likeness (QED) is 0.560. The normalized spacial score (nSPS) is 35.3. The molecule has 6 nitrogen and oxygen atoms in total. The molecule has 0 aromatic heterocycles. The lowest BCUT2D eigenvalue weighted by Gasteiger charge is -2.39. The second kappa shape index (κ2) is 6.42. The molecule has 1 aliphatic heterocycles. The molecule has 0 aliphatic carbocycles. The van der Waals surface area contributed by atoms with Crippen molar-refractivity contribution in [1.82, 2.24) is 0 Å². The van der Waals surface area contributed by atoms with Crippen LogP contribution in [0.4, 0.5) is 0 Å². The Bertz CT molecular complexity index is 384. The summed E-state index contributed by atoms with van der Waals surface area (Å²) >= 11 is 0. The largest absolute Gasteiger partial charge is 0.394 e. The lowest BCUT2D eigenvalue weighted by Crippen LogP contribution is -2.59. The number of hydrogen-bond donors (Lipinski definition) is 4. The molecule has 2 rings (SSSR count). The molecular formula is C13H18O6. The minimum absolute atomic E-state index is 0.180. The first-order valence-electron chi connectivity index (χ1n) is 6.09. The molecular weight excluding hydrogens is 252 g/mol. The fourth-order valence-corrected chi connectivity index (χ4v) is 2.02. The Labute approximate surface area is 110 Å². The van der Waals surface area contributed by atoms with Gasteiger partial charge < -0.3 is 29.9 Å². The van der Waals surface area contributed by atoms with E-state index in [0.29, 0.717) is 0 Å². The summed E-state index contributed by atoms with van der Waals surface area (Å²) in [6, 6.07) is 9.25. The van der Waals surface area contributed by atoms with E-state index in [1.54, 1.807) is 0 Å². The first kappa shape index (κ1) is 14.4. The van der Waals surface area contributed by atoms with Crippen LogP contribution in [-0.2, 0) is 16.1 Å². The van der Waals surface area contributed by atoms with Gasteiger partial charge in [0.25, 0.3) is 0 Å². The molecule has 5 atom stereocenters. The maximum atomic E-state index is 9.86. The lowest BCUT2D eigenvalue weighted by molar-refractivity contribution is -0.298. The molecule has 1 fully saturated rings. The summed E-state index contributed by atoms with van der Waals surface area (Å²) < 4.78 is 10.4. The predicted molar refractivity (Wildman–Crippen MR) is 65.0 cm³/mol. The standard InChI is InChI=1S/C13H18O6/c14-6-9-10(15)11(16)12(13(17)19-9)18-7-8-4-2-1-3-5-8/h1-5,9-17H,6-7H2/t9-,10-,11+,12-,13+/m1/s1. The molecule has 6 heteroatoms. The smallest absolute Gasteiger partial charge is 0.184 e. The number of rotatable bonds is 4. The zero-order valence-corrected chi connectivity index (χ0v) is 10.3. The van der Waals surface area contributed by atoms with Gasteiger partial charge in [-0.15, -0.1) is 0 Å². The second-order valence-electron chi connectivity index (χ2n) is 4.49. The molecule has 1 aliphatic rings. The molecule has 1 aromatic carbocycles. The van der Waals surface area contributed by atoms with E-state index < -0.39 is 37.3 Å². The molecule has 4 N–H and O–H groups in total. The van der Waals surface area contributed by atoms with Crippen LogP contribution in [0.25, 0.3) is 0 Å². The number of aliphatic hydroxyl groups excluding tert-OH is 4. The highest BCUT2D eigenvalue weighted by molar-refractivity contribution is 5.13. The monoisotopic (exact) mass is 270 g/mol. The Kier molecular flexibility index (Phi) is 4.87. The number of benzene rings is 1. The zero-order valence-electron chi connectivity index (χ0n) is 10.3. The third kappa shape index (κ3) is 3.30. The Balaban J connectivity index is 1.96. The number of hydrogen-bond acceptors (Lipinski definition) is 6. The van der Waals surface area contributed by atoms with Gasteiger partial charge >= 0.3 is 0 Å². The summed E-state index contributed by atoms with van der Waals surface area (Å²) in [5.41, 5.74) is 0.876. The van der Waals surface area contributed by atoms with E-state index in [1.165, 1.54) is 0 Å². The average Bonchev–Trinajstić information content (AvgIpc) is 2.44. The van der Waals surface area contributed by atoms with Crippen LogP contribution in [0.2, 0.25) is 0 Å². The molecule has 1 heterocycles. The van der Waals surface area contributed by atoms with Crippen molar-refractivity contribution in [2.75, 3.05) is 6.61 Å². The summed E-state index contributed by atoms with van der Waals surface area (Å²) in [5, 5.41) is 38.2. The maximum Gasteiger partial charge on any atom is 0.184 e. The Morgan fingerprint density at radius 1 is 1.05 bits per heavy atom. The van der Waals surface area contributed by atoms with Crippen molar-refractivity contribution in [3.63, 3.8) is 0 Å². The van der Waals surface area contributed by atoms with Crippen molar-refractivity contribution in [1.29, 1.82) is 0 Å². The summed E-state index contributed by atoms with van der Waals surface area (Å²) in [6.45, 7) is -0.305. The SMILES string of the molecule is OC[C@H]1O[C@H](O)[C@H](OCc2ccccc2)[C@@H](O)[C@@H]1O. The fraction of sp³-hybridized carbons (Fsp3) is 0.538. The van der Waals surface area contributed by atoms with Gasteiger partial charge in [0, 0.05) is 0 Å². The first-order chi connectivity index (χ1) is 9.13. The highest BCUT2D eigenvalue weighted by Crippen LogP contribution is 2.23. The van der Waals surface area contributed by atoms with E-state index >= 15 is 0 Å². The van der Waals surface area contributed by atoms with E-state index in [4.69, 9.17) is 14.6 Å². The van der Waals surface area contributed by atoms with Crippen molar-refractivity contribution in [3.8, 4) is 0 Å². The van der Waals surface area contributed by atoms with Crippen molar-refractivity contribution in [3.05, 3.63) is 35.9 Å². The minimum atomic E-state index is -1.39.